The van der Waals surface area contributed by atoms with Crippen LogP contribution < -0.4 is 18.8 Å². The van der Waals surface area contributed by atoms with Crippen molar-refractivity contribution in [1.29, 1.82) is 0 Å². The van der Waals surface area contributed by atoms with Crippen molar-refractivity contribution in [2.45, 2.75) is 38.5 Å². The van der Waals surface area contributed by atoms with E-state index in [0.29, 0.717) is 21.6 Å². The fourth-order valence-electron chi connectivity index (χ4n) is 5.57. The Morgan fingerprint density at radius 3 is 2.40 bits per heavy atom. The van der Waals surface area contributed by atoms with Crippen LogP contribution >= 0.6 is 23.2 Å². The summed E-state index contributed by atoms with van der Waals surface area (Å²) in [5, 5.41) is 0.443. The number of H-pyrrole nitrogens is 1. The molecular weight excluding hydrogens is 761 g/mol. The SMILES string of the molecule is CS(=O)(=O)N(Cc1cccnc1)c1ccc2c(c1)C(=O)N(CC(=O)O[C@@H](Cc1c(Cl)c[nH+]cc1Cl)c1ccc(OC(F)F)c(OCC3CC3)c1)C2=O.[OH-]. The fraction of sp³-hybridized carbons (Fsp3) is 0.286. The smallest absolute Gasteiger partial charge is 0.387 e. The van der Waals surface area contributed by atoms with Gasteiger partial charge in [-0.2, -0.15) is 8.78 Å². The maximum Gasteiger partial charge on any atom is 0.387 e. The molecule has 280 valence electrons. The molecule has 2 N–H and O–H groups in total. The van der Waals surface area contributed by atoms with Gasteiger partial charge in [0.05, 0.1) is 36.2 Å². The highest BCUT2D eigenvalue weighted by atomic mass is 35.5. The highest BCUT2D eigenvalue weighted by Gasteiger charge is 2.38. The van der Waals surface area contributed by atoms with Crippen LogP contribution in [-0.2, 0) is 32.5 Å². The number of fused-ring (bicyclic) bond motifs is 1. The van der Waals surface area contributed by atoms with Crippen LogP contribution in [0.15, 0.2) is 73.3 Å². The van der Waals surface area contributed by atoms with Gasteiger partial charge in [0.15, 0.2) is 23.9 Å². The number of esters is 1. The van der Waals surface area contributed by atoms with Crippen molar-refractivity contribution in [3.63, 3.8) is 0 Å². The summed E-state index contributed by atoms with van der Waals surface area (Å²) in [5.41, 5.74) is 1.29. The number of halogens is 4. The number of ether oxygens (including phenoxy) is 3. The van der Waals surface area contributed by atoms with Gasteiger partial charge in [-0.15, -0.1) is 0 Å². The first-order valence-corrected chi connectivity index (χ1v) is 18.5. The van der Waals surface area contributed by atoms with Crippen molar-refractivity contribution in [2.75, 3.05) is 23.7 Å². The van der Waals surface area contributed by atoms with Gasteiger partial charge in [0.1, 0.15) is 22.7 Å². The van der Waals surface area contributed by atoms with E-state index in [1.54, 1.807) is 18.3 Å². The zero-order chi connectivity index (χ0) is 37.2. The Labute approximate surface area is 312 Å². The lowest BCUT2D eigenvalue weighted by Crippen LogP contribution is -2.36. The number of nitrogens with zero attached hydrogens (tertiary/aromatic N) is 3. The molecule has 0 radical (unpaired) electrons. The van der Waals surface area contributed by atoms with Crippen LogP contribution in [0.3, 0.4) is 0 Å². The summed E-state index contributed by atoms with van der Waals surface area (Å²) in [6.07, 6.45) is 7.65. The Bertz CT molecular complexity index is 2110. The molecule has 2 amide bonds. The zero-order valence-corrected chi connectivity index (χ0v) is 30.2. The van der Waals surface area contributed by atoms with Crippen molar-refractivity contribution in [3.8, 4) is 11.5 Å². The van der Waals surface area contributed by atoms with E-state index in [9.17, 15) is 31.6 Å². The van der Waals surface area contributed by atoms with E-state index in [-0.39, 0.29) is 69.3 Å². The minimum absolute atomic E-state index is 0. The number of carbonyl (C=O) groups excluding carboxylic acids is 3. The number of amides is 2. The molecule has 1 saturated carbocycles. The standard InChI is InChI=1S/C35H30Cl2F2N4O8S.H2O/c1-52(47,48)43(17-21-3-2-10-40-14-21)23-7-8-24-25(12-23)34(46)42(33(24)45)18-32(44)50-30(13-26-27(36)15-41-16-28(26)37)22-6-9-29(51-35(38)39)31(11-22)49-19-20-4-5-20;/h2-3,6-12,14-16,20,30,35H,4-5,13,17-19H2,1H3;1H2/t30-;/m0./s1. The fourth-order valence-corrected chi connectivity index (χ4v) is 6.98. The summed E-state index contributed by atoms with van der Waals surface area (Å²) in [7, 11) is -3.84. The van der Waals surface area contributed by atoms with E-state index < -0.39 is 47.1 Å². The molecule has 1 fully saturated rings. The van der Waals surface area contributed by atoms with E-state index in [1.807, 2.05) is 0 Å². The van der Waals surface area contributed by atoms with E-state index in [1.165, 1.54) is 55.0 Å². The molecule has 6 rings (SSSR count). The Balaban J connectivity index is 0.00000541. The Morgan fingerprint density at radius 2 is 1.75 bits per heavy atom. The maximum atomic E-state index is 13.6. The van der Waals surface area contributed by atoms with Crippen molar-refractivity contribution < 1.29 is 56.3 Å². The van der Waals surface area contributed by atoms with Crippen LogP contribution in [0.4, 0.5) is 14.5 Å². The molecule has 0 saturated heterocycles. The Morgan fingerprint density at radius 1 is 1.04 bits per heavy atom. The third-order valence-electron chi connectivity index (χ3n) is 8.37. The van der Waals surface area contributed by atoms with Crippen molar-refractivity contribution in [3.05, 3.63) is 111 Å². The van der Waals surface area contributed by atoms with Gasteiger partial charge < -0.3 is 19.7 Å². The van der Waals surface area contributed by atoms with E-state index in [2.05, 4.69) is 14.7 Å². The van der Waals surface area contributed by atoms with Gasteiger partial charge in [0, 0.05) is 24.4 Å². The Hall–Kier alpha value is -4.90. The molecule has 0 bridgehead atoms. The summed E-state index contributed by atoms with van der Waals surface area (Å²) in [6, 6.07) is 11.4. The predicted octanol–water partition coefficient (Wildman–Crippen LogP) is 5.51. The van der Waals surface area contributed by atoms with E-state index in [0.717, 1.165) is 23.4 Å². The third kappa shape index (κ3) is 9.37. The van der Waals surface area contributed by atoms with Gasteiger partial charge in [-0.05, 0) is 66.3 Å². The average molecular weight is 794 g/mol. The molecule has 2 aliphatic rings. The first-order chi connectivity index (χ1) is 24.8. The van der Waals surface area contributed by atoms with Gasteiger partial charge in [-0.3, -0.25) is 28.6 Å². The lowest BCUT2D eigenvalue weighted by Gasteiger charge is -2.23. The molecule has 4 aromatic rings. The number of carbonyl (C=O) groups is 3. The number of anilines is 1. The molecule has 53 heavy (non-hydrogen) atoms. The second-order valence-corrected chi connectivity index (χ2v) is 14.9. The van der Waals surface area contributed by atoms with E-state index >= 15 is 0 Å². The second-order valence-electron chi connectivity index (χ2n) is 12.2. The van der Waals surface area contributed by atoms with Crippen molar-refractivity contribution in [2.24, 2.45) is 5.92 Å². The minimum atomic E-state index is -3.84. The first kappa shape index (κ1) is 39.3. The molecule has 18 heteroatoms. The van der Waals surface area contributed by atoms with Gasteiger partial charge in [0.25, 0.3) is 11.8 Å². The monoisotopic (exact) mass is 792 g/mol. The summed E-state index contributed by atoms with van der Waals surface area (Å²) >= 11 is 12.8. The van der Waals surface area contributed by atoms with Crippen molar-refractivity contribution in [1.82, 2.24) is 9.88 Å². The number of imide groups is 1. The number of alkyl halides is 2. The van der Waals surface area contributed by atoms with Gasteiger partial charge in [0.2, 0.25) is 10.0 Å². The molecule has 0 spiro atoms. The normalized spacial score (nSPS) is 14.4. The zero-order valence-electron chi connectivity index (χ0n) is 27.9. The number of pyridine rings is 2. The third-order valence-corrected chi connectivity index (χ3v) is 10.2. The van der Waals surface area contributed by atoms with Gasteiger partial charge in [-0.1, -0.05) is 35.3 Å². The van der Waals surface area contributed by atoms with Crippen LogP contribution in [0, 0.1) is 5.92 Å². The number of sulfonamides is 1. The number of benzene rings is 2. The molecule has 1 atom stereocenters. The minimum Gasteiger partial charge on any atom is -0.870 e. The summed E-state index contributed by atoms with van der Waals surface area (Å²) in [5.74, 6) is -2.54. The molecule has 2 aromatic carbocycles. The molecule has 2 aromatic heterocycles. The van der Waals surface area contributed by atoms with Gasteiger partial charge in [-0.25, -0.2) is 13.4 Å². The summed E-state index contributed by atoms with van der Waals surface area (Å²) in [4.78, 5) is 48.0. The topological polar surface area (TPSA) is 177 Å². The molecule has 0 unspecified atom stereocenters. The number of aromatic nitrogens is 2. The largest absolute Gasteiger partial charge is 0.870 e. The van der Waals surface area contributed by atoms with Gasteiger partial charge >= 0.3 is 12.6 Å². The molecule has 3 heterocycles. The lowest BCUT2D eigenvalue weighted by atomic mass is 10.0. The number of nitrogens with one attached hydrogen (secondary N) is 1. The number of hydrogen-bond acceptors (Lipinski definition) is 10. The second kappa shape index (κ2) is 16.4. The number of hydrogen-bond donors (Lipinski definition) is 0. The summed E-state index contributed by atoms with van der Waals surface area (Å²) in [6.45, 7) is -3.73. The highest BCUT2D eigenvalue weighted by Crippen LogP contribution is 2.38. The van der Waals surface area contributed by atoms with Crippen LogP contribution in [0.25, 0.3) is 0 Å². The predicted molar refractivity (Wildman–Crippen MR) is 186 cm³/mol. The first-order valence-electron chi connectivity index (χ1n) is 15.9. The summed E-state index contributed by atoms with van der Waals surface area (Å²) < 4.78 is 69.3. The molecule has 1 aliphatic carbocycles. The van der Waals surface area contributed by atoms with Crippen LogP contribution in [0.5, 0.6) is 11.5 Å². The van der Waals surface area contributed by atoms with Crippen LogP contribution in [-0.4, -0.2) is 67.6 Å². The van der Waals surface area contributed by atoms with E-state index in [4.69, 9.17) is 32.7 Å². The molecule has 1 aliphatic heterocycles. The van der Waals surface area contributed by atoms with Crippen molar-refractivity contribution >= 4 is 56.7 Å². The molecule has 13 nitrogen and oxygen atoms in total. The number of rotatable bonds is 15. The molecular formula is C35H32Cl2F2N4O9S. The quantitative estimate of drug-likeness (QED) is 0.110. The Kier molecular flexibility index (Phi) is 12.2. The maximum absolute atomic E-state index is 13.6. The number of aromatic amines is 1. The highest BCUT2D eigenvalue weighted by molar-refractivity contribution is 7.92. The average Bonchev–Trinajstić information content (AvgIpc) is 3.90. The van der Waals surface area contributed by atoms with Crippen LogP contribution in [0.2, 0.25) is 10.0 Å². The van der Waals surface area contributed by atoms with Crippen LogP contribution in [0.1, 0.15) is 56.4 Å². The lowest BCUT2D eigenvalue weighted by molar-refractivity contribution is -0.377.